The zero-order valence-electron chi connectivity index (χ0n) is 6.62. The molecule has 1 aromatic rings. The van der Waals surface area contributed by atoms with Gasteiger partial charge in [-0.05, 0) is 5.56 Å². The van der Waals surface area contributed by atoms with E-state index in [4.69, 9.17) is 5.84 Å². The Morgan fingerprint density at radius 2 is 2.18 bits per heavy atom. The molecule has 0 amide bonds. The molecule has 3 heteroatoms. The highest BCUT2D eigenvalue weighted by atomic mass is 15.4. The van der Waals surface area contributed by atoms with Gasteiger partial charge in [-0.3, -0.25) is 5.84 Å². The molecule has 0 spiro atoms. The van der Waals surface area contributed by atoms with Crippen LogP contribution in [0.25, 0.3) is 0 Å². The number of nitrogens with zero attached hydrogens (tertiary/aromatic N) is 2. The summed E-state index contributed by atoms with van der Waals surface area (Å²) in [5.74, 6) is 5.66. The van der Waals surface area contributed by atoms with E-state index in [-0.39, 0.29) is 0 Å². The van der Waals surface area contributed by atoms with Gasteiger partial charge in [0.2, 0.25) is 0 Å². The van der Waals surface area contributed by atoms with Crippen molar-refractivity contribution >= 4 is 0 Å². The van der Waals surface area contributed by atoms with Crippen LogP contribution < -0.4 is 10.4 Å². The summed E-state index contributed by atoms with van der Waals surface area (Å²) in [6.07, 6.45) is 4.18. The zero-order chi connectivity index (χ0) is 7.84. The molecule has 0 radical (unpaired) electrons. The number of aryl methyl sites for hydroxylation is 1. The van der Waals surface area contributed by atoms with Crippen LogP contribution in [0, 0.1) is 0 Å². The van der Waals surface area contributed by atoms with E-state index in [1.165, 1.54) is 11.1 Å². The van der Waals surface area contributed by atoms with Gasteiger partial charge in [-0.15, -0.1) is 0 Å². The first-order valence-electron chi connectivity index (χ1n) is 3.72. The number of rotatable bonds is 0. The first-order chi connectivity index (χ1) is 5.25. The molecule has 0 unspecified atom stereocenters. The molecule has 1 aliphatic heterocycles. The van der Waals surface area contributed by atoms with Crippen LogP contribution >= 0.6 is 0 Å². The summed E-state index contributed by atoms with van der Waals surface area (Å²) in [5.41, 5.74) is 2.70. The molecule has 0 saturated heterocycles. The van der Waals surface area contributed by atoms with Crippen molar-refractivity contribution in [3.8, 4) is 0 Å². The van der Waals surface area contributed by atoms with Gasteiger partial charge in [0.25, 0.3) is 0 Å². The highest BCUT2D eigenvalue weighted by Gasteiger charge is 2.17. The molecule has 2 rings (SSSR count). The lowest BCUT2D eigenvalue weighted by atomic mass is 10.2. The summed E-state index contributed by atoms with van der Waals surface area (Å²) >= 11 is 0. The Bertz CT molecular complexity index is 283. The van der Waals surface area contributed by atoms with Crippen molar-refractivity contribution in [1.82, 2.24) is 5.01 Å². The highest BCUT2D eigenvalue weighted by Crippen LogP contribution is 2.16. The summed E-state index contributed by atoms with van der Waals surface area (Å²) in [6.45, 7) is 1.76. The number of aromatic nitrogens is 1. The number of hydrogen-bond acceptors (Lipinski definition) is 2. The fourth-order valence-electron chi connectivity index (χ4n) is 1.48. The SMILES string of the molecule is C[n+]1ccc2c(c1)CN(N)C2. The standard InChI is InChI=1S/C8H12N3/c1-10-3-2-7-5-11(9)6-8(7)4-10/h2-4H,5-6,9H2,1H3/q+1. The molecule has 3 nitrogen and oxygen atoms in total. The number of hydrazine groups is 1. The third-order valence-corrected chi connectivity index (χ3v) is 2.03. The fraction of sp³-hybridized carbons (Fsp3) is 0.375. The van der Waals surface area contributed by atoms with Gasteiger partial charge in [0, 0.05) is 24.7 Å². The van der Waals surface area contributed by atoms with E-state index in [1.807, 2.05) is 12.1 Å². The topological polar surface area (TPSA) is 33.1 Å². The van der Waals surface area contributed by atoms with Crippen LogP contribution in [0.5, 0.6) is 0 Å². The molecule has 1 aliphatic rings. The Hall–Kier alpha value is -0.930. The smallest absolute Gasteiger partial charge is 0.173 e. The van der Waals surface area contributed by atoms with Gasteiger partial charge in [0.05, 0.1) is 0 Å². The summed E-state index contributed by atoms with van der Waals surface area (Å²) in [4.78, 5) is 0. The average molecular weight is 150 g/mol. The van der Waals surface area contributed by atoms with Crippen LogP contribution in [0.4, 0.5) is 0 Å². The number of fused-ring (bicyclic) bond motifs is 1. The summed E-state index contributed by atoms with van der Waals surface area (Å²) in [6, 6.07) is 2.13. The van der Waals surface area contributed by atoms with Gasteiger partial charge < -0.3 is 0 Å². The van der Waals surface area contributed by atoms with E-state index in [1.54, 1.807) is 0 Å². The average Bonchev–Trinajstić information content (AvgIpc) is 2.27. The summed E-state index contributed by atoms with van der Waals surface area (Å²) < 4.78 is 2.05. The van der Waals surface area contributed by atoms with E-state index in [0.717, 1.165) is 13.1 Å². The Morgan fingerprint density at radius 3 is 3.00 bits per heavy atom. The molecule has 1 aromatic heterocycles. The maximum Gasteiger partial charge on any atom is 0.173 e. The molecule has 0 fully saturated rings. The van der Waals surface area contributed by atoms with Gasteiger partial charge in [0.15, 0.2) is 12.4 Å². The molecular weight excluding hydrogens is 138 g/mol. The quantitative estimate of drug-likeness (QED) is 0.407. The van der Waals surface area contributed by atoms with Crippen LogP contribution in [-0.4, -0.2) is 5.01 Å². The minimum Gasteiger partial charge on any atom is -0.268 e. The van der Waals surface area contributed by atoms with E-state index >= 15 is 0 Å². The van der Waals surface area contributed by atoms with Crippen LogP contribution in [0.3, 0.4) is 0 Å². The second kappa shape index (κ2) is 2.29. The van der Waals surface area contributed by atoms with Crippen LogP contribution in [0.15, 0.2) is 18.5 Å². The highest BCUT2D eigenvalue weighted by molar-refractivity contribution is 5.24. The van der Waals surface area contributed by atoms with Crippen molar-refractivity contribution < 1.29 is 4.57 Å². The molecule has 0 bridgehead atoms. The molecule has 2 N–H and O–H groups in total. The second-order valence-electron chi connectivity index (χ2n) is 3.07. The third kappa shape index (κ3) is 1.13. The lowest BCUT2D eigenvalue weighted by molar-refractivity contribution is -0.671. The minimum absolute atomic E-state index is 0.879. The predicted molar refractivity (Wildman–Crippen MR) is 41.1 cm³/mol. The Morgan fingerprint density at radius 1 is 1.45 bits per heavy atom. The Labute approximate surface area is 66.0 Å². The number of pyridine rings is 1. The fourth-order valence-corrected chi connectivity index (χ4v) is 1.48. The van der Waals surface area contributed by atoms with Crippen LogP contribution in [0.1, 0.15) is 11.1 Å². The molecular formula is C8H12N3+. The van der Waals surface area contributed by atoms with Crippen LogP contribution in [-0.2, 0) is 20.1 Å². The van der Waals surface area contributed by atoms with Crippen molar-refractivity contribution in [1.29, 1.82) is 0 Å². The van der Waals surface area contributed by atoms with Crippen molar-refractivity contribution in [3.05, 3.63) is 29.6 Å². The van der Waals surface area contributed by atoms with E-state index < -0.39 is 0 Å². The molecule has 0 aromatic carbocycles. The van der Waals surface area contributed by atoms with Gasteiger partial charge in [-0.1, -0.05) is 0 Å². The maximum atomic E-state index is 5.66. The largest absolute Gasteiger partial charge is 0.268 e. The molecule has 2 heterocycles. The minimum atomic E-state index is 0.879. The lowest BCUT2D eigenvalue weighted by Crippen LogP contribution is -2.27. The number of hydrogen-bond donors (Lipinski definition) is 1. The third-order valence-electron chi connectivity index (χ3n) is 2.03. The first kappa shape index (κ1) is 6.76. The van der Waals surface area contributed by atoms with Gasteiger partial charge in [-0.25, -0.2) is 9.58 Å². The van der Waals surface area contributed by atoms with Gasteiger partial charge in [0.1, 0.15) is 7.05 Å². The molecule has 0 aliphatic carbocycles. The van der Waals surface area contributed by atoms with Crippen molar-refractivity contribution in [3.63, 3.8) is 0 Å². The van der Waals surface area contributed by atoms with Crippen molar-refractivity contribution in [2.75, 3.05) is 0 Å². The van der Waals surface area contributed by atoms with Crippen molar-refractivity contribution in [2.45, 2.75) is 13.1 Å². The van der Waals surface area contributed by atoms with E-state index in [0.29, 0.717) is 0 Å². The van der Waals surface area contributed by atoms with Gasteiger partial charge >= 0.3 is 0 Å². The Balaban J connectivity index is 2.43. The lowest BCUT2D eigenvalue weighted by Gasteiger charge is -2.02. The molecule has 58 valence electrons. The monoisotopic (exact) mass is 150 g/mol. The molecule has 11 heavy (non-hydrogen) atoms. The Kier molecular flexibility index (Phi) is 1.41. The van der Waals surface area contributed by atoms with Crippen molar-refractivity contribution in [2.24, 2.45) is 12.9 Å². The predicted octanol–water partition coefficient (Wildman–Crippen LogP) is -0.300. The number of nitrogens with two attached hydrogens (primary N) is 1. The van der Waals surface area contributed by atoms with E-state index in [9.17, 15) is 0 Å². The summed E-state index contributed by atoms with van der Waals surface area (Å²) in [5, 5.41) is 1.82. The first-order valence-corrected chi connectivity index (χ1v) is 3.72. The second-order valence-corrected chi connectivity index (χ2v) is 3.07. The molecule has 0 atom stereocenters. The zero-order valence-corrected chi connectivity index (χ0v) is 6.62. The van der Waals surface area contributed by atoms with Crippen LogP contribution in [0.2, 0.25) is 0 Å². The van der Waals surface area contributed by atoms with Gasteiger partial charge in [-0.2, -0.15) is 0 Å². The molecule has 0 saturated carbocycles. The summed E-state index contributed by atoms with van der Waals surface area (Å²) in [7, 11) is 2.03. The van der Waals surface area contributed by atoms with E-state index in [2.05, 4.69) is 23.0 Å². The normalized spacial score (nSPS) is 16.9. The maximum absolute atomic E-state index is 5.66.